The van der Waals surface area contributed by atoms with Crippen molar-refractivity contribution in [1.82, 2.24) is 5.32 Å². The second-order valence-corrected chi connectivity index (χ2v) is 4.88. The molecule has 0 aromatic rings. The fraction of sp³-hybridized carbons (Fsp3) is 0.900. The van der Waals surface area contributed by atoms with Gasteiger partial charge in [0.05, 0.1) is 0 Å². The van der Waals surface area contributed by atoms with Crippen LogP contribution in [0.1, 0.15) is 33.6 Å². The van der Waals surface area contributed by atoms with Gasteiger partial charge in [-0.3, -0.25) is 4.79 Å². The molecule has 1 heterocycles. The van der Waals surface area contributed by atoms with Crippen LogP contribution in [0.2, 0.25) is 0 Å². The Bertz CT molecular complexity index is 196. The van der Waals surface area contributed by atoms with E-state index in [1.54, 1.807) is 0 Å². The van der Waals surface area contributed by atoms with Crippen molar-refractivity contribution in [2.24, 2.45) is 11.3 Å². The van der Waals surface area contributed by atoms with Gasteiger partial charge in [0, 0.05) is 0 Å². The highest BCUT2D eigenvalue weighted by Gasteiger charge is 2.37. The van der Waals surface area contributed by atoms with Crippen LogP contribution in [0, 0.1) is 11.3 Å². The molecule has 13 heavy (non-hydrogen) atoms. The van der Waals surface area contributed by atoms with Crippen molar-refractivity contribution in [2.45, 2.75) is 39.7 Å². The first-order valence-electron chi connectivity index (χ1n) is 4.89. The lowest BCUT2D eigenvalue weighted by Crippen LogP contribution is -2.51. The minimum absolute atomic E-state index is 0.0798. The molecule has 0 aliphatic carbocycles. The van der Waals surface area contributed by atoms with Crippen LogP contribution in [-0.4, -0.2) is 23.7 Å². The first-order chi connectivity index (χ1) is 5.93. The SMILES string of the molecule is CC(C)(C)[C@@H]1CCCN[C@@H]1C(=O)O. The highest BCUT2D eigenvalue weighted by Crippen LogP contribution is 2.34. The molecule has 0 bridgehead atoms. The van der Waals surface area contributed by atoms with Gasteiger partial charge in [0.15, 0.2) is 0 Å². The summed E-state index contributed by atoms with van der Waals surface area (Å²) in [5, 5.41) is 12.1. The van der Waals surface area contributed by atoms with E-state index >= 15 is 0 Å². The Morgan fingerprint density at radius 2 is 2.08 bits per heavy atom. The van der Waals surface area contributed by atoms with Gasteiger partial charge in [-0.25, -0.2) is 0 Å². The first-order valence-corrected chi connectivity index (χ1v) is 4.89. The van der Waals surface area contributed by atoms with E-state index in [9.17, 15) is 4.79 Å². The Kier molecular flexibility index (Phi) is 2.96. The maximum absolute atomic E-state index is 10.9. The standard InChI is InChI=1S/C10H19NO2/c1-10(2,3)7-5-4-6-11-8(7)9(12)13/h7-8,11H,4-6H2,1-3H3,(H,12,13)/t7-,8+/m1/s1. The Morgan fingerprint density at radius 1 is 1.46 bits per heavy atom. The molecule has 2 atom stereocenters. The van der Waals surface area contributed by atoms with Gasteiger partial charge >= 0.3 is 5.97 Å². The molecule has 0 unspecified atom stereocenters. The number of rotatable bonds is 1. The minimum atomic E-state index is -0.709. The van der Waals surface area contributed by atoms with Crippen molar-refractivity contribution in [1.29, 1.82) is 0 Å². The van der Waals surface area contributed by atoms with Gasteiger partial charge in [0.25, 0.3) is 0 Å². The lowest BCUT2D eigenvalue weighted by atomic mass is 9.72. The predicted octanol–water partition coefficient (Wildman–Crippen LogP) is 1.49. The van der Waals surface area contributed by atoms with Crippen LogP contribution in [0.5, 0.6) is 0 Å². The van der Waals surface area contributed by atoms with E-state index in [-0.39, 0.29) is 17.4 Å². The van der Waals surface area contributed by atoms with Gasteiger partial charge in [-0.05, 0) is 30.7 Å². The maximum atomic E-state index is 10.9. The number of carboxylic acid groups (broad SMARTS) is 1. The fourth-order valence-electron chi connectivity index (χ4n) is 2.08. The number of piperidine rings is 1. The van der Waals surface area contributed by atoms with E-state index < -0.39 is 5.97 Å². The van der Waals surface area contributed by atoms with Crippen LogP contribution in [0.3, 0.4) is 0 Å². The number of hydrogen-bond donors (Lipinski definition) is 2. The molecular formula is C10H19NO2. The molecule has 0 amide bonds. The van der Waals surface area contributed by atoms with E-state index in [0.717, 1.165) is 19.4 Å². The van der Waals surface area contributed by atoms with Crippen LogP contribution in [0.4, 0.5) is 0 Å². The quantitative estimate of drug-likeness (QED) is 0.650. The largest absolute Gasteiger partial charge is 0.480 e. The molecule has 0 aromatic heterocycles. The van der Waals surface area contributed by atoms with Crippen molar-refractivity contribution in [3.8, 4) is 0 Å². The van der Waals surface area contributed by atoms with E-state index in [4.69, 9.17) is 5.11 Å². The molecule has 1 saturated heterocycles. The zero-order chi connectivity index (χ0) is 10.1. The van der Waals surface area contributed by atoms with E-state index in [2.05, 4.69) is 26.1 Å². The van der Waals surface area contributed by atoms with Gasteiger partial charge in [-0.1, -0.05) is 20.8 Å². The summed E-state index contributed by atoms with van der Waals surface area (Å²) < 4.78 is 0. The lowest BCUT2D eigenvalue weighted by Gasteiger charge is -2.38. The molecule has 1 aliphatic heterocycles. The molecule has 76 valence electrons. The average Bonchev–Trinajstić information content (AvgIpc) is 2.03. The highest BCUT2D eigenvalue weighted by atomic mass is 16.4. The zero-order valence-corrected chi connectivity index (χ0v) is 8.63. The van der Waals surface area contributed by atoms with Crippen LogP contribution >= 0.6 is 0 Å². The number of aliphatic carboxylic acids is 1. The Balaban J connectivity index is 2.73. The summed E-state index contributed by atoms with van der Waals surface area (Å²) in [6.07, 6.45) is 2.11. The molecule has 0 radical (unpaired) electrons. The summed E-state index contributed by atoms with van der Waals surface area (Å²) in [6, 6.07) is -0.353. The topological polar surface area (TPSA) is 49.3 Å². The Morgan fingerprint density at radius 3 is 2.46 bits per heavy atom. The van der Waals surface area contributed by atoms with Gasteiger partial charge in [0.1, 0.15) is 6.04 Å². The average molecular weight is 185 g/mol. The molecule has 0 saturated carbocycles. The molecule has 0 spiro atoms. The summed E-state index contributed by atoms with van der Waals surface area (Å²) >= 11 is 0. The number of hydrogen-bond acceptors (Lipinski definition) is 2. The first kappa shape index (κ1) is 10.5. The number of nitrogens with one attached hydrogen (secondary N) is 1. The molecular weight excluding hydrogens is 166 g/mol. The van der Waals surface area contributed by atoms with Crippen molar-refractivity contribution in [2.75, 3.05) is 6.54 Å². The molecule has 1 rings (SSSR count). The van der Waals surface area contributed by atoms with Crippen molar-refractivity contribution < 1.29 is 9.90 Å². The van der Waals surface area contributed by atoms with E-state index in [0.29, 0.717) is 0 Å². The smallest absolute Gasteiger partial charge is 0.321 e. The fourth-order valence-corrected chi connectivity index (χ4v) is 2.08. The lowest BCUT2D eigenvalue weighted by molar-refractivity contribution is -0.143. The van der Waals surface area contributed by atoms with Crippen LogP contribution in [0.15, 0.2) is 0 Å². The minimum Gasteiger partial charge on any atom is -0.480 e. The van der Waals surface area contributed by atoms with Crippen LogP contribution in [0.25, 0.3) is 0 Å². The molecule has 3 nitrogen and oxygen atoms in total. The summed E-state index contributed by atoms with van der Waals surface area (Å²) in [6.45, 7) is 7.17. The summed E-state index contributed by atoms with van der Waals surface area (Å²) in [5.74, 6) is -0.460. The third-order valence-electron chi connectivity index (χ3n) is 2.84. The second-order valence-electron chi connectivity index (χ2n) is 4.88. The zero-order valence-electron chi connectivity index (χ0n) is 8.63. The van der Waals surface area contributed by atoms with Crippen LogP contribution < -0.4 is 5.32 Å². The third-order valence-corrected chi connectivity index (χ3v) is 2.84. The summed E-state index contributed by atoms with van der Waals surface area (Å²) in [5.41, 5.74) is 0.0798. The Labute approximate surface area is 79.5 Å². The van der Waals surface area contributed by atoms with Gasteiger partial charge in [0.2, 0.25) is 0 Å². The molecule has 0 aromatic carbocycles. The van der Waals surface area contributed by atoms with Crippen molar-refractivity contribution >= 4 is 5.97 Å². The van der Waals surface area contributed by atoms with Gasteiger partial charge in [-0.2, -0.15) is 0 Å². The summed E-state index contributed by atoms with van der Waals surface area (Å²) in [4.78, 5) is 10.9. The molecule has 1 aliphatic rings. The normalized spacial score (nSPS) is 30.1. The van der Waals surface area contributed by atoms with Crippen LogP contribution in [-0.2, 0) is 4.79 Å². The number of carbonyl (C=O) groups is 1. The summed E-state index contributed by atoms with van der Waals surface area (Å²) in [7, 11) is 0. The van der Waals surface area contributed by atoms with Gasteiger partial charge in [-0.15, -0.1) is 0 Å². The van der Waals surface area contributed by atoms with Crippen molar-refractivity contribution in [3.63, 3.8) is 0 Å². The molecule has 3 heteroatoms. The van der Waals surface area contributed by atoms with E-state index in [1.807, 2.05) is 0 Å². The number of carboxylic acids is 1. The monoisotopic (exact) mass is 185 g/mol. The Hall–Kier alpha value is -0.570. The van der Waals surface area contributed by atoms with Gasteiger partial charge < -0.3 is 10.4 Å². The predicted molar refractivity (Wildman–Crippen MR) is 51.6 cm³/mol. The molecule has 2 N–H and O–H groups in total. The maximum Gasteiger partial charge on any atom is 0.321 e. The third kappa shape index (κ3) is 2.44. The van der Waals surface area contributed by atoms with E-state index in [1.165, 1.54) is 0 Å². The van der Waals surface area contributed by atoms with Crippen molar-refractivity contribution in [3.05, 3.63) is 0 Å². The highest BCUT2D eigenvalue weighted by molar-refractivity contribution is 5.74. The molecule has 1 fully saturated rings. The second kappa shape index (κ2) is 3.66.